The fourth-order valence-electron chi connectivity index (χ4n) is 2.30. The summed E-state index contributed by atoms with van der Waals surface area (Å²) >= 11 is 0. The van der Waals surface area contributed by atoms with Gasteiger partial charge in [0.15, 0.2) is 5.82 Å². The average Bonchev–Trinajstić information content (AvgIpc) is 3.08. The number of aliphatic hydroxyl groups is 1. The van der Waals surface area contributed by atoms with E-state index in [4.69, 9.17) is 9.47 Å². The van der Waals surface area contributed by atoms with Crippen LogP contribution in [0, 0.1) is 0 Å². The van der Waals surface area contributed by atoms with Gasteiger partial charge in [0.05, 0.1) is 13.2 Å². The van der Waals surface area contributed by atoms with Crippen molar-refractivity contribution in [2.45, 2.75) is 12.7 Å². The van der Waals surface area contributed by atoms with Gasteiger partial charge in [-0.25, -0.2) is 4.98 Å². The highest BCUT2D eigenvalue weighted by Crippen LogP contribution is 2.19. The van der Waals surface area contributed by atoms with Crippen LogP contribution < -0.4 is 4.74 Å². The summed E-state index contributed by atoms with van der Waals surface area (Å²) in [4.78, 5) is 4.20. The van der Waals surface area contributed by atoms with Crippen molar-refractivity contribution in [3.05, 3.63) is 66.5 Å². The van der Waals surface area contributed by atoms with Crippen LogP contribution in [0.2, 0.25) is 0 Å². The highest BCUT2D eigenvalue weighted by Gasteiger charge is 2.07. The van der Waals surface area contributed by atoms with E-state index in [1.165, 1.54) is 0 Å². The lowest BCUT2D eigenvalue weighted by Crippen LogP contribution is -2.23. The summed E-state index contributed by atoms with van der Waals surface area (Å²) in [5.74, 6) is 1.35. The summed E-state index contributed by atoms with van der Waals surface area (Å²) in [7, 11) is 1.83. The molecule has 0 spiro atoms. The SMILES string of the molecule is Cn1cnc(-c2ccc(OC[C@H](O)COCc3ccccc3)cc2)n1. The molecule has 0 radical (unpaired) electrons. The van der Waals surface area contributed by atoms with E-state index in [9.17, 15) is 5.11 Å². The van der Waals surface area contributed by atoms with Crippen LogP contribution in [0.4, 0.5) is 0 Å². The number of benzene rings is 2. The van der Waals surface area contributed by atoms with Gasteiger partial charge < -0.3 is 14.6 Å². The molecule has 1 aromatic heterocycles. The topological polar surface area (TPSA) is 69.4 Å². The third-order valence-corrected chi connectivity index (χ3v) is 3.58. The Balaban J connectivity index is 1.42. The molecule has 0 aliphatic heterocycles. The number of nitrogens with zero attached hydrogens (tertiary/aromatic N) is 3. The van der Waals surface area contributed by atoms with Crippen LogP contribution in [0.15, 0.2) is 60.9 Å². The number of hydrogen-bond donors (Lipinski definition) is 1. The second kappa shape index (κ2) is 8.41. The zero-order valence-corrected chi connectivity index (χ0v) is 14.1. The van der Waals surface area contributed by atoms with E-state index in [0.29, 0.717) is 18.2 Å². The molecule has 2 aromatic carbocycles. The Hall–Kier alpha value is -2.70. The molecule has 0 saturated carbocycles. The van der Waals surface area contributed by atoms with Gasteiger partial charge in [0.1, 0.15) is 24.8 Å². The van der Waals surface area contributed by atoms with Gasteiger partial charge in [-0.05, 0) is 29.8 Å². The second-order valence-electron chi connectivity index (χ2n) is 5.73. The molecule has 3 aromatic rings. The average molecular weight is 339 g/mol. The number of ether oxygens (including phenoxy) is 2. The molecular formula is C19H21N3O3. The van der Waals surface area contributed by atoms with Gasteiger partial charge in [-0.15, -0.1) is 0 Å². The standard InChI is InChI=1S/C19H21N3O3/c1-22-14-20-19(21-22)16-7-9-18(10-8-16)25-13-17(23)12-24-11-15-5-3-2-4-6-15/h2-10,14,17,23H,11-13H2,1H3/t17-/m1/s1. The highest BCUT2D eigenvalue weighted by molar-refractivity contribution is 5.55. The maximum atomic E-state index is 9.95. The van der Waals surface area contributed by atoms with Gasteiger partial charge in [0, 0.05) is 12.6 Å². The summed E-state index contributed by atoms with van der Waals surface area (Å²) in [6.07, 6.45) is 0.979. The lowest BCUT2D eigenvalue weighted by atomic mass is 10.2. The predicted molar refractivity (Wildman–Crippen MR) is 94.0 cm³/mol. The molecule has 25 heavy (non-hydrogen) atoms. The molecule has 6 nitrogen and oxygen atoms in total. The molecule has 0 amide bonds. The first-order chi connectivity index (χ1) is 12.2. The van der Waals surface area contributed by atoms with Gasteiger partial charge in [0.2, 0.25) is 0 Å². The van der Waals surface area contributed by atoms with Gasteiger partial charge in [0.25, 0.3) is 0 Å². The molecule has 0 fully saturated rings. The molecule has 0 saturated heterocycles. The second-order valence-corrected chi connectivity index (χ2v) is 5.73. The lowest BCUT2D eigenvalue weighted by Gasteiger charge is -2.13. The van der Waals surface area contributed by atoms with Crippen molar-refractivity contribution in [1.82, 2.24) is 14.8 Å². The molecule has 0 aliphatic rings. The van der Waals surface area contributed by atoms with Gasteiger partial charge in [-0.1, -0.05) is 30.3 Å². The predicted octanol–water partition coefficient (Wildman–Crippen LogP) is 2.44. The van der Waals surface area contributed by atoms with E-state index in [1.54, 1.807) is 11.0 Å². The summed E-state index contributed by atoms with van der Waals surface area (Å²) in [5.41, 5.74) is 1.99. The van der Waals surface area contributed by atoms with Crippen molar-refractivity contribution in [3.63, 3.8) is 0 Å². The summed E-state index contributed by atoms with van der Waals surface area (Å²) in [5, 5.41) is 14.2. The van der Waals surface area contributed by atoms with Crippen molar-refractivity contribution in [2.24, 2.45) is 7.05 Å². The summed E-state index contributed by atoms with van der Waals surface area (Å²) in [6, 6.07) is 17.3. The Morgan fingerprint density at radius 3 is 2.48 bits per heavy atom. The molecule has 6 heteroatoms. The molecule has 1 N–H and O–H groups in total. The first kappa shape index (κ1) is 17.1. The fourth-order valence-corrected chi connectivity index (χ4v) is 2.30. The van der Waals surface area contributed by atoms with Crippen LogP contribution in [0.5, 0.6) is 5.75 Å². The minimum absolute atomic E-state index is 0.177. The van der Waals surface area contributed by atoms with Crippen molar-refractivity contribution >= 4 is 0 Å². The smallest absolute Gasteiger partial charge is 0.181 e. The Labute approximate surface area is 146 Å². The number of hydrogen-bond acceptors (Lipinski definition) is 5. The molecule has 0 aliphatic carbocycles. The van der Waals surface area contributed by atoms with Gasteiger partial charge >= 0.3 is 0 Å². The van der Waals surface area contributed by atoms with Crippen molar-refractivity contribution < 1.29 is 14.6 Å². The molecule has 3 rings (SSSR count). The zero-order chi connectivity index (χ0) is 17.5. The number of aryl methyl sites for hydroxylation is 1. The quantitative estimate of drug-likeness (QED) is 0.683. The molecule has 0 unspecified atom stereocenters. The van der Waals surface area contributed by atoms with E-state index in [1.807, 2.05) is 61.6 Å². The van der Waals surface area contributed by atoms with Crippen LogP contribution in [-0.2, 0) is 18.4 Å². The van der Waals surface area contributed by atoms with E-state index in [-0.39, 0.29) is 13.2 Å². The molecule has 1 atom stereocenters. The Kier molecular flexibility index (Phi) is 5.77. The lowest BCUT2D eigenvalue weighted by molar-refractivity contribution is 0.00549. The summed E-state index contributed by atoms with van der Waals surface area (Å²) < 4.78 is 12.7. The molecular weight excluding hydrogens is 318 g/mol. The van der Waals surface area contributed by atoms with Crippen LogP contribution >= 0.6 is 0 Å². The van der Waals surface area contributed by atoms with E-state index in [2.05, 4.69) is 10.1 Å². The summed E-state index contributed by atoms with van der Waals surface area (Å²) in [6.45, 7) is 0.879. The van der Waals surface area contributed by atoms with Crippen LogP contribution in [0.1, 0.15) is 5.56 Å². The molecule has 1 heterocycles. The number of rotatable bonds is 8. The van der Waals surface area contributed by atoms with Crippen molar-refractivity contribution in [1.29, 1.82) is 0 Å². The third-order valence-electron chi connectivity index (χ3n) is 3.58. The maximum Gasteiger partial charge on any atom is 0.181 e. The third kappa shape index (κ3) is 5.14. The Morgan fingerprint density at radius 2 is 1.80 bits per heavy atom. The highest BCUT2D eigenvalue weighted by atomic mass is 16.5. The maximum absolute atomic E-state index is 9.95. The monoisotopic (exact) mass is 339 g/mol. The van der Waals surface area contributed by atoms with Crippen LogP contribution in [0.3, 0.4) is 0 Å². The van der Waals surface area contributed by atoms with E-state index in [0.717, 1.165) is 11.1 Å². The zero-order valence-electron chi connectivity index (χ0n) is 14.1. The van der Waals surface area contributed by atoms with E-state index < -0.39 is 6.10 Å². The Bertz CT molecular complexity index is 772. The number of aliphatic hydroxyl groups excluding tert-OH is 1. The first-order valence-electron chi connectivity index (χ1n) is 8.09. The molecule has 0 bridgehead atoms. The van der Waals surface area contributed by atoms with E-state index >= 15 is 0 Å². The normalized spacial score (nSPS) is 12.1. The largest absolute Gasteiger partial charge is 0.491 e. The minimum atomic E-state index is -0.680. The fraction of sp³-hybridized carbons (Fsp3) is 0.263. The molecule has 130 valence electrons. The van der Waals surface area contributed by atoms with Gasteiger partial charge in [-0.3, -0.25) is 4.68 Å². The van der Waals surface area contributed by atoms with Gasteiger partial charge in [-0.2, -0.15) is 5.10 Å². The Morgan fingerprint density at radius 1 is 1.04 bits per heavy atom. The van der Waals surface area contributed by atoms with Crippen LogP contribution in [-0.4, -0.2) is 39.2 Å². The van der Waals surface area contributed by atoms with Crippen molar-refractivity contribution in [3.8, 4) is 17.1 Å². The van der Waals surface area contributed by atoms with Crippen LogP contribution in [0.25, 0.3) is 11.4 Å². The van der Waals surface area contributed by atoms with Crippen molar-refractivity contribution in [2.75, 3.05) is 13.2 Å². The first-order valence-corrected chi connectivity index (χ1v) is 8.09. The minimum Gasteiger partial charge on any atom is -0.491 e. The number of aromatic nitrogens is 3.